The van der Waals surface area contributed by atoms with Gasteiger partial charge in [0.25, 0.3) is 0 Å². The van der Waals surface area contributed by atoms with Gasteiger partial charge < -0.3 is 5.32 Å². The number of nitriles is 1. The molecule has 8 heteroatoms. The minimum absolute atomic E-state index is 0.312. The van der Waals surface area contributed by atoms with E-state index in [2.05, 4.69) is 11.4 Å². The Morgan fingerprint density at radius 3 is 2.79 bits per heavy atom. The van der Waals surface area contributed by atoms with Crippen molar-refractivity contribution >= 4 is 45.7 Å². The van der Waals surface area contributed by atoms with Gasteiger partial charge in [0.05, 0.1) is 17.4 Å². The van der Waals surface area contributed by atoms with Crippen LogP contribution in [0.4, 0.5) is 5.00 Å². The molecule has 1 aliphatic heterocycles. The van der Waals surface area contributed by atoms with Crippen LogP contribution < -0.4 is 5.32 Å². The maximum Gasteiger partial charge on any atom is 0.245 e. The van der Waals surface area contributed by atoms with E-state index in [1.54, 1.807) is 6.08 Å². The standard InChI is InChI=1S/C20H20ClN3O3S/c21-11-6-7-13-14(8-11)20(27)24(19(13)26)10-17(25)23-18-15(9-22)12-4-2-1-3-5-16(12)28-18/h6,13-14H,1-5,7-8,10H2,(H,23,25)/t13-,14-/m1/s1. The third-order valence-electron chi connectivity index (χ3n) is 5.75. The van der Waals surface area contributed by atoms with E-state index in [0.29, 0.717) is 28.4 Å². The van der Waals surface area contributed by atoms with Crippen molar-refractivity contribution in [1.82, 2.24) is 4.90 Å². The fraction of sp³-hybridized carbons (Fsp3) is 0.500. The molecule has 3 aliphatic rings. The maximum atomic E-state index is 12.6. The molecule has 1 N–H and O–H groups in total. The van der Waals surface area contributed by atoms with Gasteiger partial charge in [0, 0.05) is 9.91 Å². The number of anilines is 1. The monoisotopic (exact) mass is 417 g/mol. The molecular formula is C20H20ClN3O3S. The van der Waals surface area contributed by atoms with Crippen LogP contribution in [0.5, 0.6) is 0 Å². The molecule has 1 fully saturated rings. The van der Waals surface area contributed by atoms with E-state index in [1.165, 1.54) is 11.3 Å². The van der Waals surface area contributed by atoms with Gasteiger partial charge in [0.1, 0.15) is 17.6 Å². The van der Waals surface area contributed by atoms with Crippen molar-refractivity contribution in [3.8, 4) is 6.07 Å². The molecule has 146 valence electrons. The van der Waals surface area contributed by atoms with E-state index in [0.717, 1.165) is 47.4 Å². The van der Waals surface area contributed by atoms with Crippen LogP contribution in [0.3, 0.4) is 0 Å². The van der Waals surface area contributed by atoms with Crippen molar-refractivity contribution in [1.29, 1.82) is 5.26 Å². The second-order valence-electron chi connectivity index (χ2n) is 7.49. The van der Waals surface area contributed by atoms with Crippen molar-refractivity contribution in [2.75, 3.05) is 11.9 Å². The summed E-state index contributed by atoms with van der Waals surface area (Å²) in [4.78, 5) is 39.9. The average Bonchev–Trinajstić information content (AvgIpc) is 2.98. The van der Waals surface area contributed by atoms with Gasteiger partial charge >= 0.3 is 0 Å². The zero-order valence-electron chi connectivity index (χ0n) is 15.3. The number of thiophene rings is 1. The SMILES string of the molecule is N#Cc1c(NC(=O)CN2C(=O)[C@@H]3CC=C(Cl)C[C@H]3C2=O)sc2c1CCCCC2. The minimum Gasteiger partial charge on any atom is -0.315 e. The predicted molar refractivity (Wildman–Crippen MR) is 106 cm³/mol. The second-order valence-corrected chi connectivity index (χ2v) is 9.09. The fourth-order valence-corrected chi connectivity index (χ4v) is 5.82. The van der Waals surface area contributed by atoms with Crippen molar-refractivity contribution in [3.63, 3.8) is 0 Å². The Bertz CT molecular complexity index is 930. The fourth-order valence-electron chi connectivity index (χ4n) is 4.31. The lowest BCUT2D eigenvalue weighted by Gasteiger charge is -2.17. The number of carbonyl (C=O) groups is 3. The van der Waals surface area contributed by atoms with Gasteiger partial charge in [-0.1, -0.05) is 24.1 Å². The Balaban J connectivity index is 1.48. The summed E-state index contributed by atoms with van der Waals surface area (Å²) in [5.41, 5.74) is 1.57. The molecule has 3 amide bonds. The van der Waals surface area contributed by atoms with Gasteiger partial charge in [-0.3, -0.25) is 19.3 Å². The van der Waals surface area contributed by atoms with Crippen molar-refractivity contribution in [2.24, 2.45) is 11.8 Å². The minimum atomic E-state index is -0.467. The molecule has 2 heterocycles. The second kappa shape index (κ2) is 7.69. The summed E-state index contributed by atoms with van der Waals surface area (Å²) in [5.74, 6) is -1.99. The molecule has 0 bridgehead atoms. The van der Waals surface area contributed by atoms with Gasteiger partial charge in [-0.15, -0.1) is 11.3 Å². The van der Waals surface area contributed by atoms with Crippen molar-refractivity contribution < 1.29 is 14.4 Å². The van der Waals surface area contributed by atoms with Crippen LogP contribution in [-0.2, 0) is 27.2 Å². The molecule has 28 heavy (non-hydrogen) atoms. The molecule has 0 radical (unpaired) electrons. The van der Waals surface area contributed by atoms with E-state index in [4.69, 9.17) is 11.6 Å². The highest BCUT2D eigenvalue weighted by Gasteiger charge is 2.48. The number of aryl methyl sites for hydroxylation is 1. The number of hydrogen-bond donors (Lipinski definition) is 1. The summed E-state index contributed by atoms with van der Waals surface area (Å²) < 4.78 is 0. The van der Waals surface area contributed by atoms with Gasteiger partial charge in [-0.05, 0) is 44.1 Å². The van der Waals surface area contributed by atoms with E-state index < -0.39 is 17.7 Å². The van der Waals surface area contributed by atoms with Gasteiger partial charge in [-0.2, -0.15) is 5.26 Å². The number of fused-ring (bicyclic) bond motifs is 2. The van der Waals surface area contributed by atoms with Crippen molar-refractivity contribution in [2.45, 2.75) is 44.9 Å². The van der Waals surface area contributed by atoms with Gasteiger partial charge in [0.15, 0.2) is 0 Å². The molecule has 1 saturated heterocycles. The Morgan fingerprint density at radius 1 is 1.25 bits per heavy atom. The molecule has 0 saturated carbocycles. The maximum absolute atomic E-state index is 12.6. The quantitative estimate of drug-likeness (QED) is 0.603. The number of carbonyl (C=O) groups excluding carboxylic acids is 3. The molecule has 0 spiro atoms. The first kappa shape index (κ1) is 19.2. The summed E-state index contributed by atoms with van der Waals surface area (Å²) in [6.45, 7) is -0.324. The normalized spacial score (nSPS) is 24.1. The molecule has 0 unspecified atom stereocenters. The Kier molecular flexibility index (Phi) is 5.26. The first-order chi connectivity index (χ1) is 13.5. The van der Waals surface area contributed by atoms with Crippen LogP contribution >= 0.6 is 22.9 Å². The first-order valence-corrected chi connectivity index (χ1v) is 10.7. The lowest BCUT2D eigenvalue weighted by molar-refractivity contribution is -0.142. The van der Waals surface area contributed by atoms with E-state index in [1.807, 2.05) is 0 Å². The molecule has 0 aromatic carbocycles. The first-order valence-electron chi connectivity index (χ1n) is 9.53. The molecule has 2 atom stereocenters. The number of nitrogens with zero attached hydrogens (tertiary/aromatic N) is 2. The number of hydrogen-bond acceptors (Lipinski definition) is 5. The highest BCUT2D eigenvalue weighted by molar-refractivity contribution is 7.16. The molecule has 6 nitrogen and oxygen atoms in total. The topological polar surface area (TPSA) is 90.3 Å². The Hall–Kier alpha value is -2.17. The largest absolute Gasteiger partial charge is 0.315 e. The highest BCUT2D eigenvalue weighted by Crippen LogP contribution is 2.39. The number of likely N-dealkylation sites (tertiary alicyclic amines) is 1. The molecule has 4 rings (SSSR count). The van der Waals surface area contributed by atoms with E-state index in [-0.39, 0.29) is 18.4 Å². The summed E-state index contributed by atoms with van der Waals surface area (Å²) in [7, 11) is 0. The van der Waals surface area contributed by atoms with Crippen LogP contribution in [0.15, 0.2) is 11.1 Å². The molecular weight excluding hydrogens is 398 g/mol. The highest BCUT2D eigenvalue weighted by atomic mass is 35.5. The number of allylic oxidation sites excluding steroid dienone is 2. The van der Waals surface area contributed by atoms with Crippen molar-refractivity contribution in [3.05, 3.63) is 27.1 Å². The third kappa shape index (κ3) is 3.36. The number of imide groups is 1. The molecule has 1 aromatic rings. The number of amides is 3. The van der Waals surface area contributed by atoms with Crippen LogP contribution in [0, 0.1) is 23.2 Å². The summed E-state index contributed by atoms with van der Waals surface area (Å²) in [6, 6.07) is 2.22. The molecule has 2 aliphatic carbocycles. The van der Waals surface area contributed by atoms with Crippen LogP contribution in [0.1, 0.15) is 48.1 Å². The summed E-state index contributed by atoms with van der Waals surface area (Å²) in [6.07, 6.45) is 7.61. The van der Waals surface area contributed by atoms with Crippen LogP contribution in [0.2, 0.25) is 0 Å². The van der Waals surface area contributed by atoms with Crippen LogP contribution in [-0.4, -0.2) is 29.2 Å². The van der Waals surface area contributed by atoms with Gasteiger partial charge in [-0.25, -0.2) is 0 Å². The average molecular weight is 418 g/mol. The van der Waals surface area contributed by atoms with Crippen LogP contribution in [0.25, 0.3) is 0 Å². The lowest BCUT2D eigenvalue weighted by atomic mass is 9.85. The van der Waals surface area contributed by atoms with E-state index in [9.17, 15) is 19.6 Å². The molecule has 1 aromatic heterocycles. The summed E-state index contributed by atoms with van der Waals surface area (Å²) in [5, 5.41) is 13.5. The Morgan fingerprint density at radius 2 is 2.00 bits per heavy atom. The van der Waals surface area contributed by atoms with Gasteiger partial charge in [0.2, 0.25) is 17.7 Å². The zero-order valence-corrected chi connectivity index (χ0v) is 16.9. The smallest absolute Gasteiger partial charge is 0.245 e. The summed E-state index contributed by atoms with van der Waals surface area (Å²) >= 11 is 7.46. The predicted octanol–water partition coefficient (Wildman–Crippen LogP) is 3.34. The van der Waals surface area contributed by atoms with E-state index >= 15 is 0 Å². The zero-order chi connectivity index (χ0) is 19.8. The number of rotatable bonds is 3. The number of halogens is 1. The lowest BCUT2D eigenvalue weighted by Crippen LogP contribution is -2.38. The third-order valence-corrected chi connectivity index (χ3v) is 7.26. The number of nitrogens with one attached hydrogen (secondary N) is 1. The Labute approximate surface area is 172 Å².